The number of benzene rings is 1. The predicted molar refractivity (Wildman–Crippen MR) is 100 cm³/mol. The summed E-state index contributed by atoms with van der Waals surface area (Å²) < 4.78 is 16.2. The summed E-state index contributed by atoms with van der Waals surface area (Å²) in [5, 5.41) is 0. The third-order valence-corrected chi connectivity index (χ3v) is 5.62. The van der Waals surface area contributed by atoms with E-state index in [1.807, 2.05) is 11.8 Å². The topological polar surface area (TPSA) is 68.3 Å². The monoisotopic (exact) mass is 376 g/mol. The van der Waals surface area contributed by atoms with Crippen LogP contribution < -0.4 is 9.47 Å². The molecule has 0 bridgehead atoms. The molecule has 1 aromatic rings. The molecule has 0 aromatic heterocycles. The molecule has 1 aromatic carbocycles. The van der Waals surface area contributed by atoms with E-state index in [0.29, 0.717) is 56.3 Å². The van der Waals surface area contributed by atoms with Crippen LogP contribution in [0.2, 0.25) is 0 Å². The minimum atomic E-state index is -0.351. The van der Waals surface area contributed by atoms with Gasteiger partial charge in [-0.15, -0.1) is 0 Å². The Kier molecular flexibility index (Phi) is 5.89. The number of ether oxygens (including phenoxy) is 3. The van der Waals surface area contributed by atoms with Gasteiger partial charge < -0.3 is 24.0 Å². The second kappa shape index (κ2) is 8.17. The smallest absolute Gasteiger partial charge is 0.257 e. The van der Waals surface area contributed by atoms with E-state index in [1.165, 1.54) is 7.11 Å². The molecule has 0 saturated carbocycles. The zero-order valence-electron chi connectivity index (χ0n) is 16.3. The lowest BCUT2D eigenvalue weighted by atomic mass is 9.87. The first-order chi connectivity index (χ1) is 13.0. The molecule has 0 radical (unpaired) electrons. The molecule has 0 atom stereocenters. The highest BCUT2D eigenvalue weighted by atomic mass is 16.5. The van der Waals surface area contributed by atoms with Crippen LogP contribution in [-0.4, -0.2) is 74.2 Å². The minimum Gasteiger partial charge on any atom is -0.497 e. The van der Waals surface area contributed by atoms with Crippen molar-refractivity contribution in [2.45, 2.75) is 31.7 Å². The standard InChI is InChI=1S/C20H28N2O5/c1-4-22-18(23)7-10-21(14-20(22)8-11-27-12-9-20)19(24)16-6-5-15(25-2)13-17(16)26-3/h5-6,13H,4,7-12,14H2,1-3H3. The molecule has 0 unspecified atom stereocenters. The fourth-order valence-electron chi connectivity index (χ4n) is 4.16. The fourth-order valence-corrected chi connectivity index (χ4v) is 4.16. The zero-order chi connectivity index (χ0) is 19.4. The van der Waals surface area contributed by atoms with Gasteiger partial charge in [0.25, 0.3) is 5.91 Å². The third-order valence-electron chi connectivity index (χ3n) is 5.62. The van der Waals surface area contributed by atoms with Crippen LogP contribution in [0.15, 0.2) is 18.2 Å². The molecule has 7 heteroatoms. The number of carbonyl (C=O) groups is 2. The average Bonchev–Trinajstić information content (AvgIpc) is 2.83. The van der Waals surface area contributed by atoms with Crippen molar-refractivity contribution in [1.29, 1.82) is 0 Å². The Balaban J connectivity index is 1.92. The van der Waals surface area contributed by atoms with Crippen LogP contribution in [0.4, 0.5) is 0 Å². The molecule has 2 amide bonds. The van der Waals surface area contributed by atoms with Crippen LogP contribution in [0.1, 0.15) is 36.5 Å². The summed E-state index contributed by atoms with van der Waals surface area (Å²) in [5.41, 5.74) is 0.133. The van der Waals surface area contributed by atoms with Crippen molar-refractivity contribution in [2.24, 2.45) is 0 Å². The van der Waals surface area contributed by atoms with Gasteiger partial charge in [-0.3, -0.25) is 9.59 Å². The number of rotatable bonds is 4. The van der Waals surface area contributed by atoms with E-state index in [4.69, 9.17) is 14.2 Å². The maximum atomic E-state index is 13.3. The van der Waals surface area contributed by atoms with E-state index in [-0.39, 0.29) is 17.4 Å². The molecule has 1 spiro atoms. The summed E-state index contributed by atoms with van der Waals surface area (Å²) in [6, 6.07) is 5.18. The van der Waals surface area contributed by atoms with Gasteiger partial charge in [-0.25, -0.2) is 0 Å². The Morgan fingerprint density at radius 2 is 1.96 bits per heavy atom. The number of hydrogen-bond acceptors (Lipinski definition) is 5. The van der Waals surface area contributed by atoms with E-state index in [0.717, 1.165) is 12.8 Å². The summed E-state index contributed by atoms with van der Waals surface area (Å²) in [7, 11) is 3.11. The van der Waals surface area contributed by atoms with E-state index >= 15 is 0 Å². The van der Waals surface area contributed by atoms with Crippen molar-refractivity contribution in [3.63, 3.8) is 0 Å². The van der Waals surface area contributed by atoms with E-state index < -0.39 is 0 Å². The summed E-state index contributed by atoms with van der Waals surface area (Å²) in [4.78, 5) is 29.8. The SMILES string of the molecule is CCN1C(=O)CCN(C(=O)c2ccc(OC)cc2OC)CC12CCOCC2. The lowest BCUT2D eigenvalue weighted by Gasteiger charge is -2.46. The minimum absolute atomic E-state index is 0.108. The molecule has 7 nitrogen and oxygen atoms in total. The first kappa shape index (κ1) is 19.5. The van der Waals surface area contributed by atoms with Crippen LogP contribution in [0, 0.1) is 0 Å². The van der Waals surface area contributed by atoms with Crippen LogP contribution in [0.3, 0.4) is 0 Å². The lowest BCUT2D eigenvalue weighted by Crippen LogP contribution is -2.58. The van der Waals surface area contributed by atoms with Gasteiger partial charge in [0.05, 0.1) is 25.3 Å². The molecule has 2 fully saturated rings. The molecular formula is C20H28N2O5. The van der Waals surface area contributed by atoms with Crippen molar-refractivity contribution in [1.82, 2.24) is 9.80 Å². The van der Waals surface area contributed by atoms with Crippen LogP contribution >= 0.6 is 0 Å². The van der Waals surface area contributed by atoms with E-state index in [1.54, 1.807) is 30.2 Å². The normalized spacial score (nSPS) is 19.7. The first-order valence-corrected chi connectivity index (χ1v) is 9.44. The quantitative estimate of drug-likeness (QED) is 0.803. The van der Waals surface area contributed by atoms with Crippen molar-refractivity contribution in [3.8, 4) is 11.5 Å². The summed E-state index contributed by atoms with van der Waals surface area (Å²) in [6.45, 7) is 4.79. The molecule has 2 saturated heterocycles. The van der Waals surface area contributed by atoms with Crippen molar-refractivity contribution in [3.05, 3.63) is 23.8 Å². The molecular weight excluding hydrogens is 348 g/mol. The number of methoxy groups -OCH3 is 2. The second-order valence-electron chi connectivity index (χ2n) is 7.02. The Morgan fingerprint density at radius 1 is 1.22 bits per heavy atom. The van der Waals surface area contributed by atoms with Crippen molar-refractivity contribution in [2.75, 3.05) is 47.1 Å². The maximum Gasteiger partial charge on any atom is 0.257 e. The van der Waals surface area contributed by atoms with Gasteiger partial charge in [-0.1, -0.05) is 0 Å². The fraction of sp³-hybridized carbons (Fsp3) is 0.600. The predicted octanol–water partition coefficient (Wildman–Crippen LogP) is 1.95. The Morgan fingerprint density at radius 3 is 2.59 bits per heavy atom. The van der Waals surface area contributed by atoms with Crippen LogP contribution in [0.25, 0.3) is 0 Å². The van der Waals surface area contributed by atoms with Crippen LogP contribution in [0.5, 0.6) is 11.5 Å². The average molecular weight is 376 g/mol. The highest BCUT2D eigenvalue weighted by molar-refractivity contribution is 5.97. The van der Waals surface area contributed by atoms with E-state index in [9.17, 15) is 9.59 Å². The highest BCUT2D eigenvalue weighted by Gasteiger charge is 2.44. The van der Waals surface area contributed by atoms with Gasteiger partial charge in [0.15, 0.2) is 0 Å². The lowest BCUT2D eigenvalue weighted by molar-refractivity contribution is -0.139. The molecule has 0 aliphatic carbocycles. The van der Waals surface area contributed by atoms with Crippen LogP contribution in [-0.2, 0) is 9.53 Å². The molecule has 2 heterocycles. The van der Waals surface area contributed by atoms with Gasteiger partial charge in [0, 0.05) is 45.3 Å². The molecule has 3 rings (SSSR count). The zero-order valence-corrected chi connectivity index (χ0v) is 16.3. The Bertz CT molecular complexity index is 700. The summed E-state index contributed by atoms with van der Waals surface area (Å²) >= 11 is 0. The largest absolute Gasteiger partial charge is 0.497 e. The number of likely N-dealkylation sites (N-methyl/N-ethyl adjacent to an activating group) is 1. The van der Waals surface area contributed by atoms with Gasteiger partial charge in [0.1, 0.15) is 11.5 Å². The van der Waals surface area contributed by atoms with Gasteiger partial charge in [-0.05, 0) is 31.9 Å². The molecule has 148 valence electrons. The third kappa shape index (κ3) is 3.74. The first-order valence-electron chi connectivity index (χ1n) is 9.44. The molecule has 2 aliphatic rings. The summed E-state index contributed by atoms with van der Waals surface area (Å²) in [6.07, 6.45) is 1.83. The Hall–Kier alpha value is -2.28. The van der Waals surface area contributed by atoms with Gasteiger partial charge in [0.2, 0.25) is 5.91 Å². The molecule has 0 N–H and O–H groups in total. The maximum absolute atomic E-state index is 13.3. The second-order valence-corrected chi connectivity index (χ2v) is 7.02. The number of carbonyl (C=O) groups excluding carboxylic acids is 2. The number of nitrogens with zero attached hydrogens (tertiary/aromatic N) is 2. The Labute approximate surface area is 160 Å². The summed E-state index contributed by atoms with van der Waals surface area (Å²) in [5.74, 6) is 1.10. The van der Waals surface area contributed by atoms with Gasteiger partial charge in [-0.2, -0.15) is 0 Å². The highest BCUT2D eigenvalue weighted by Crippen LogP contribution is 2.33. The molecule has 2 aliphatic heterocycles. The van der Waals surface area contributed by atoms with Crippen molar-refractivity contribution < 1.29 is 23.8 Å². The van der Waals surface area contributed by atoms with E-state index in [2.05, 4.69) is 0 Å². The number of amides is 2. The van der Waals surface area contributed by atoms with Gasteiger partial charge >= 0.3 is 0 Å². The number of hydrogen-bond donors (Lipinski definition) is 0. The van der Waals surface area contributed by atoms with Crippen molar-refractivity contribution >= 4 is 11.8 Å². The molecule has 27 heavy (non-hydrogen) atoms.